The van der Waals surface area contributed by atoms with E-state index in [1.807, 2.05) is 0 Å². The number of halogens is 5. The highest BCUT2D eigenvalue weighted by Gasteiger charge is 2.70. The van der Waals surface area contributed by atoms with Gasteiger partial charge in [0, 0.05) is 5.02 Å². The highest BCUT2D eigenvalue weighted by Crippen LogP contribution is 2.55. The van der Waals surface area contributed by atoms with Gasteiger partial charge in [-0.05, 0) is 17.7 Å². The van der Waals surface area contributed by atoms with Crippen LogP contribution in [-0.2, 0) is 4.74 Å². The normalized spacial score (nSPS) is 25.7. The number of hydrogen-bond acceptors (Lipinski definition) is 1. The Hall–Kier alpha value is -1.23. The molecule has 0 radical (unpaired) electrons. The highest BCUT2D eigenvalue weighted by molar-refractivity contribution is 6.30. The van der Waals surface area contributed by atoms with Gasteiger partial charge < -0.3 is 4.74 Å². The Morgan fingerprint density at radius 1 is 1.12 bits per heavy atom. The summed E-state index contributed by atoms with van der Waals surface area (Å²) in [5.41, 5.74) is -0.0716. The Kier molecular flexibility index (Phi) is 2.61. The maximum atomic E-state index is 13.5. The molecule has 6 heteroatoms. The van der Waals surface area contributed by atoms with Crippen LogP contribution in [0.3, 0.4) is 0 Å². The van der Waals surface area contributed by atoms with E-state index in [9.17, 15) is 17.6 Å². The second-order valence-electron chi connectivity index (χ2n) is 3.67. The quantitative estimate of drug-likeness (QED) is 0.693. The second kappa shape index (κ2) is 3.63. The fourth-order valence-corrected chi connectivity index (χ4v) is 1.68. The lowest BCUT2D eigenvalue weighted by Crippen LogP contribution is -2.39. The predicted octanol–water partition coefficient (Wildman–Crippen LogP) is 4.20. The monoisotopic (exact) mass is 266 g/mol. The molecule has 2 rings (SSSR count). The third-order valence-corrected chi connectivity index (χ3v) is 2.78. The molecule has 0 aromatic heterocycles. The Bertz CT molecular complexity index is 455. The summed E-state index contributed by atoms with van der Waals surface area (Å²) < 4.78 is 57.6. The van der Waals surface area contributed by atoms with E-state index >= 15 is 0 Å². The molecule has 1 saturated heterocycles. The van der Waals surface area contributed by atoms with Crippen molar-refractivity contribution in [2.75, 3.05) is 0 Å². The molecule has 1 heterocycles. The van der Waals surface area contributed by atoms with Gasteiger partial charge in [0.1, 0.15) is 0 Å². The fourth-order valence-electron chi connectivity index (χ4n) is 1.56. The first-order valence-corrected chi connectivity index (χ1v) is 5.01. The van der Waals surface area contributed by atoms with Gasteiger partial charge in [-0.3, -0.25) is 0 Å². The summed E-state index contributed by atoms with van der Waals surface area (Å²) in [7, 11) is 0. The van der Waals surface area contributed by atoms with Gasteiger partial charge in [-0.15, -0.1) is 0 Å². The van der Waals surface area contributed by atoms with Crippen LogP contribution in [0.4, 0.5) is 17.6 Å². The van der Waals surface area contributed by atoms with Crippen molar-refractivity contribution in [3.05, 3.63) is 47.2 Å². The molecule has 1 aliphatic rings. The minimum atomic E-state index is -4.36. The summed E-state index contributed by atoms with van der Waals surface area (Å²) >= 11 is 5.58. The van der Waals surface area contributed by atoms with E-state index in [4.69, 9.17) is 11.6 Å². The van der Waals surface area contributed by atoms with Crippen LogP contribution >= 0.6 is 11.6 Å². The standard InChI is InChI=1S/C11H7ClF4O/c1-6-10(13,14)11(15,16)9(17-6)7-2-4-8(12)5-3-7/h2-5,9H,1H2. The lowest BCUT2D eigenvalue weighted by atomic mass is 10.0. The summed E-state index contributed by atoms with van der Waals surface area (Å²) in [6.45, 7) is 2.82. The number of benzene rings is 1. The van der Waals surface area contributed by atoms with Gasteiger partial charge >= 0.3 is 11.8 Å². The summed E-state index contributed by atoms with van der Waals surface area (Å²) in [4.78, 5) is 0. The number of rotatable bonds is 1. The molecule has 0 amide bonds. The van der Waals surface area contributed by atoms with Gasteiger partial charge in [0.25, 0.3) is 0 Å². The third kappa shape index (κ3) is 1.69. The molecular weight excluding hydrogens is 260 g/mol. The molecule has 1 aliphatic heterocycles. The number of hydrogen-bond donors (Lipinski definition) is 0. The Morgan fingerprint density at radius 2 is 1.65 bits per heavy atom. The average molecular weight is 267 g/mol. The molecule has 1 fully saturated rings. The number of ether oxygens (including phenoxy) is 1. The van der Waals surface area contributed by atoms with Crippen LogP contribution in [0.1, 0.15) is 11.7 Å². The molecule has 0 bridgehead atoms. The average Bonchev–Trinajstić information content (AvgIpc) is 2.40. The van der Waals surface area contributed by atoms with Gasteiger partial charge in [0.15, 0.2) is 11.9 Å². The summed E-state index contributed by atoms with van der Waals surface area (Å²) in [5.74, 6) is -9.91. The van der Waals surface area contributed by atoms with Gasteiger partial charge in [-0.1, -0.05) is 30.3 Å². The largest absolute Gasteiger partial charge is 0.477 e. The van der Waals surface area contributed by atoms with Crippen molar-refractivity contribution in [3.8, 4) is 0 Å². The van der Waals surface area contributed by atoms with Crippen LogP contribution < -0.4 is 0 Å². The first kappa shape index (κ1) is 12.2. The first-order valence-electron chi connectivity index (χ1n) is 4.64. The molecule has 1 aromatic rings. The van der Waals surface area contributed by atoms with Gasteiger partial charge in [-0.2, -0.15) is 17.6 Å². The van der Waals surface area contributed by atoms with Crippen LogP contribution in [0.25, 0.3) is 0 Å². The molecule has 0 spiro atoms. The van der Waals surface area contributed by atoms with Crippen LogP contribution in [0.2, 0.25) is 5.02 Å². The fraction of sp³-hybridized carbons (Fsp3) is 0.273. The number of alkyl halides is 4. The van der Waals surface area contributed by atoms with Crippen molar-refractivity contribution < 1.29 is 22.3 Å². The van der Waals surface area contributed by atoms with E-state index < -0.39 is 23.7 Å². The van der Waals surface area contributed by atoms with Crippen LogP contribution in [-0.4, -0.2) is 11.8 Å². The maximum Gasteiger partial charge on any atom is 0.369 e. The molecule has 0 aliphatic carbocycles. The van der Waals surface area contributed by atoms with Crippen molar-refractivity contribution in [2.24, 2.45) is 0 Å². The van der Waals surface area contributed by atoms with E-state index in [2.05, 4.69) is 11.3 Å². The Morgan fingerprint density at radius 3 is 2.06 bits per heavy atom. The molecule has 1 nitrogen and oxygen atoms in total. The SMILES string of the molecule is C=C1OC(c2ccc(Cl)cc2)C(F)(F)C1(F)F. The third-order valence-electron chi connectivity index (χ3n) is 2.53. The highest BCUT2D eigenvalue weighted by atomic mass is 35.5. The van der Waals surface area contributed by atoms with Gasteiger partial charge in [0.05, 0.1) is 0 Å². The van der Waals surface area contributed by atoms with E-state index in [-0.39, 0.29) is 5.56 Å². The van der Waals surface area contributed by atoms with Crippen LogP contribution in [0, 0.1) is 0 Å². The van der Waals surface area contributed by atoms with Crippen molar-refractivity contribution in [1.82, 2.24) is 0 Å². The van der Waals surface area contributed by atoms with Crippen molar-refractivity contribution in [1.29, 1.82) is 0 Å². The minimum absolute atomic E-state index is 0.0716. The summed E-state index contributed by atoms with van der Waals surface area (Å²) in [6, 6.07) is 5.09. The molecule has 1 aromatic carbocycles. The predicted molar refractivity (Wildman–Crippen MR) is 54.3 cm³/mol. The van der Waals surface area contributed by atoms with Crippen LogP contribution in [0.15, 0.2) is 36.6 Å². The molecule has 1 atom stereocenters. The second-order valence-corrected chi connectivity index (χ2v) is 4.11. The Labute approximate surface area is 99.6 Å². The topological polar surface area (TPSA) is 9.23 Å². The maximum absolute atomic E-state index is 13.5. The molecule has 0 saturated carbocycles. The van der Waals surface area contributed by atoms with Gasteiger partial charge in [0.2, 0.25) is 0 Å². The van der Waals surface area contributed by atoms with E-state index in [0.29, 0.717) is 5.02 Å². The zero-order valence-corrected chi connectivity index (χ0v) is 9.15. The van der Waals surface area contributed by atoms with Crippen molar-refractivity contribution in [3.63, 3.8) is 0 Å². The minimum Gasteiger partial charge on any atom is -0.477 e. The van der Waals surface area contributed by atoms with E-state index in [0.717, 1.165) is 0 Å². The smallest absolute Gasteiger partial charge is 0.369 e. The van der Waals surface area contributed by atoms with E-state index in [1.54, 1.807) is 0 Å². The zero-order chi connectivity index (χ0) is 12.8. The van der Waals surface area contributed by atoms with Gasteiger partial charge in [-0.25, -0.2) is 0 Å². The summed E-state index contributed by atoms with van der Waals surface area (Å²) in [5, 5.41) is 0.320. The zero-order valence-electron chi connectivity index (χ0n) is 8.39. The number of allylic oxidation sites excluding steroid dienone is 1. The van der Waals surface area contributed by atoms with Crippen LogP contribution in [0.5, 0.6) is 0 Å². The van der Waals surface area contributed by atoms with Crippen molar-refractivity contribution in [2.45, 2.75) is 17.9 Å². The molecule has 1 unspecified atom stereocenters. The lowest BCUT2D eigenvalue weighted by molar-refractivity contribution is -0.184. The molecule has 92 valence electrons. The lowest BCUT2D eigenvalue weighted by Gasteiger charge is -2.20. The van der Waals surface area contributed by atoms with Crippen molar-refractivity contribution >= 4 is 11.6 Å². The summed E-state index contributed by atoms with van der Waals surface area (Å²) in [6.07, 6.45) is -2.04. The molecule has 0 N–H and O–H groups in total. The molecule has 17 heavy (non-hydrogen) atoms. The molecular formula is C11H7ClF4O. The van der Waals surface area contributed by atoms with E-state index in [1.165, 1.54) is 24.3 Å². The Balaban J connectivity index is 2.42. The first-order chi connectivity index (χ1) is 7.76.